The minimum absolute atomic E-state index is 0.831. The molecule has 2 saturated carbocycles. The molecule has 2 aliphatic carbocycles. The molecule has 3 atom stereocenters. The van der Waals surface area contributed by atoms with Gasteiger partial charge in [0.15, 0.2) is 0 Å². The second kappa shape index (κ2) is 8.29. The zero-order valence-electron chi connectivity index (χ0n) is 13.3. The lowest BCUT2D eigenvalue weighted by Gasteiger charge is -2.39. The Morgan fingerprint density at radius 1 is 0.842 bits per heavy atom. The van der Waals surface area contributed by atoms with Gasteiger partial charge in [-0.15, -0.1) is 0 Å². The van der Waals surface area contributed by atoms with Crippen LogP contribution in [0.3, 0.4) is 0 Å². The van der Waals surface area contributed by atoms with Crippen LogP contribution in [-0.2, 0) is 0 Å². The van der Waals surface area contributed by atoms with Gasteiger partial charge in [-0.3, -0.25) is 0 Å². The Bertz CT molecular complexity index is 230. The largest absolute Gasteiger partial charge is 0.314 e. The van der Waals surface area contributed by atoms with E-state index in [1.165, 1.54) is 70.6 Å². The molecule has 0 aliphatic heterocycles. The van der Waals surface area contributed by atoms with Gasteiger partial charge in [0.05, 0.1) is 0 Å². The average Bonchev–Trinajstić information content (AvgIpc) is 2.74. The predicted molar refractivity (Wildman–Crippen MR) is 84.4 cm³/mol. The average molecular weight is 265 g/mol. The van der Waals surface area contributed by atoms with Gasteiger partial charge in [0.2, 0.25) is 0 Å². The molecular weight excluding hydrogens is 230 g/mol. The van der Waals surface area contributed by atoms with E-state index in [9.17, 15) is 0 Å². The summed E-state index contributed by atoms with van der Waals surface area (Å²) in [6.45, 7) is 5.85. The minimum atomic E-state index is 0.831. The lowest BCUT2D eigenvalue weighted by atomic mass is 9.72. The van der Waals surface area contributed by atoms with E-state index in [0.29, 0.717) is 0 Å². The molecule has 19 heavy (non-hydrogen) atoms. The van der Waals surface area contributed by atoms with Gasteiger partial charge in [0, 0.05) is 6.04 Å². The first-order valence-electron chi connectivity index (χ1n) is 9.08. The summed E-state index contributed by atoms with van der Waals surface area (Å²) in [5.41, 5.74) is 0. The summed E-state index contributed by atoms with van der Waals surface area (Å²) in [7, 11) is 0. The minimum Gasteiger partial charge on any atom is -0.314 e. The van der Waals surface area contributed by atoms with E-state index < -0.39 is 0 Å². The van der Waals surface area contributed by atoms with Crippen molar-refractivity contribution in [3.8, 4) is 0 Å². The summed E-state index contributed by atoms with van der Waals surface area (Å²) in [6.07, 6.45) is 16.3. The van der Waals surface area contributed by atoms with Gasteiger partial charge in [-0.2, -0.15) is 0 Å². The molecule has 0 amide bonds. The highest BCUT2D eigenvalue weighted by molar-refractivity contribution is 4.87. The molecule has 0 aromatic rings. The fourth-order valence-electron chi connectivity index (χ4n) is 4.65. The maximum absolute atomic E-state index is 3.89. The first-order chi connectivity index (χ1) is 9.35. The van der Waals surface area contributed by atoms with Crippen LogP contribution in [0.15, 0.2) is 0 Å². The van der Waals surface area contributed by atoms with Crippen LogP contribution >= 0.6 is 0 Å². The monoisotopic (exact) mass is 265 g/mol. The van der Waals surface area contributed by atoms with Crippen LogP contribution in [0, 0.1) is 17.8 Å². The molecule has 1 nitrogen and oxygen atoms in total. The highest BCUT2D eigenvalue weighted by atomic mass is 14.9. The molecule has 0 aromatic heterocycles. The second-order valence-corrected chi connectivity index (χ2v) is 7.04. The normalized spacial score (nSPS) is 31.9. The van der Waals surface area contributed by atoms with Gasteiger partial charge in [0.25, 0.3) is 0 Å². The molecule has 0 bridgehead atoms. The van der Waals surface area contributed by atoms with Crippen LogP contribution in [0.4, 0.5) is 0 Å². The van der Waals surface area contributed by atoms with E-state index in [1.807, 2.05) is 0 Å². The first kappa shape index (κ1) is 15.4. The lowest BCUT2D eigenvalue weighted by molar-refractivity contribution is 0.159. The van der Waals surface area contributed by atoms with Crippen LogP contribution in [0.5, 0.6) is 0 Å². The van der Waals surface area contributed by atoms with Crippen LogP contribution in [-0.4, -0.2) is 12.6 Å². The molecule has 2 fully saturated rings. The molecule has 2 aliphatic rings. The molecule has 3 unspecified atom stereocenters. The Kier molecular flexibility index (Phi) is 6.70. The Balaban J connectivity index is 1.96. The Hall–Kier alpha value is -0.0400. The maximum Gasteiger partial charge on any atom is 0.0124 e. The van der Waals surface area contributed by atoms with E-state index in [-0.39, 0.29) is 0 Å². The van der Waals surface area contributed by atoms with Gasteiger partial charge in [-0.25, -0.2) is 0 Å². The van der Waals surface area contributed by atoms with E-state index in [2.05, 4.69) is 19.2 Å². The van der Waals surface area contributed by atoms with Gasteiger partial charge in [0.1, 0.15) is 0 Å². The van der Waals surface area contributed by atoms with Crippen LogP contribution < -0.4 is 5.32 Å². The zero-order valence-corrected chi connectivity index (χ0v) is 13.3. The Morgan fingerprint density at radius 3 is 2.16 bits per heavy atom. The zero-order chi connectivity index (χ0) is 13.5. The smallest absolute Gasteiger partial charge is 0.0124 e. The molecule has 1 heteroatoms. The number of hydrogen-bond acceptors (Lipinski definition) is 1. The van der Waals surface area contributed by atoms with Crippen LogP contribution in [0.1, 0.15) is 84.5 Å². The van der Waals surface area contributed by atoms with Crippen molar-refractivity contribution in [3.63, 3.8) is 0 Å². The van der Waals surface area contributed by atoms with E-state index in [4.69, 9.17) is 0 Å². The summed E-state index contributed by atoms with van der Waals surface area (Å²) in [6, 6.07) is 0.831. The Labute approximate surface area is 120 Å². The third kappa shape index (κ3) is 4.48. The number of nitrogens with one attached hydrogen (secondary N) is 1. The van der Waals surface area contributed by atoms with E-state index in [1.54, 1.807) is 0 Å². The summed E-state index contributed by atoms with van der Waals surface area (Å²) < 4.78 is 0. The summed E-state index contributed by atoms with van der Waals surface area (Å²) in [5.74, 6) is 2.97. The number of hydrogen-bond donors (Lipinski definition) is 1. The van der Waals surface area contributed by atoms with E-state index >= 15 is 0 Å². The summed E-state index contributed by atoms with van der Waals surface area (Å²) in [4.78, 5) is 0. The van der Waals surface area contributed by atoms with Gasteiger partial charge in [-0.05, 0) is 50.0 Å². The van der Waals surface area contributed by atoms with Crippen molar-refractivity contribution in [2.75, 3.05) is 6.54 Å². The summed E-state index contributed by atoms with van der Waals surface area (Å²) >= 11 is 0. The van der Waals surface area contributed by atoms with E-state index in [0.717, 1.165) is 30.3 Å². The molecule has 0 spiro atoms. The fraction of sp³-hybridized carbons (Fsp3) is 1.00. The molecule has 0 aromatic carbocycles. The highest BCUT2D eigenvalue weighted by Gasteiger charge is 2.32. The predicted octanol–water partition coefficient (Wildman–Crippen LogP) is 5.15. The molecule has 0 saturated heterocycles. The van der Waals surface area contributed by atoms with Crippen molar-refractivity contribution in [2.24, 2.45) is 17.8 Å². The molecule has 0 heterocycles. The standard InChI is InChI=1S/C18H35N/c1-3-15-10-9-13-17(14-15)18(19-4-2)16-11-7-5-6-8-12-16/h15-19H,3-14H2,1-2H3. The van der Waals surface area contributed by atoms with Crippen molar-refractivity contribution in [2.45, 2.75) is 90.5 Å². The van der Waals surface area contributed by atoms with Crippen LogP contribution in [0.2, 0.25) is 0 Å². The van der Waals surface area contributed by atoms with Crippen molar-refractivity contribution >= 4 is 0 Å². The quantitative estimate of drug-likeness (QED) is 0.678. The summed E-state index contributed by atoms with van der Waals surface area (Å²) in [5, 5.41) is 3.89. The van der Waals surface area contributed by atoms with Crippen molar-refractivity contribution in [1.29, 1.82) is 0 Å². The molecular formula is C18H35N. The molecule has 112 valence electrons. The lowest BCUT2D eigenvalue weighted by Crippen LogP contribution is -2.44. The van der Waals surface area contributed by atoms with Gasteiger partial charge >= 0.3 is 0 Å². The highest BCUT2D eigenvalue weighted by Crippen LogP contribution is 2.38. The fourth-order valence-corrected chi connectivity index (χ4v) is 4.65. The second-order valence-electron chi connectivity index (χ2n) is 7.04. The first-order valence-corrected chi connectivity index (χ1v) is 9.08. The number of rotatable bonds is 5. The Morgan fingerprint density at radius 2 is 1.53 bits per heavy atom. The van der Waals surface area contributed by atoms with Crippen LogP contribution in [0.25, 0.3) is 0 Å². The third-order valence-electron chi connectivity index (χ3n) is 5.76. The van der Waals surface area contributed by atoms with Crippen molar-refractivity contribution in [3.05, 3.63) is 0 Å². The molecule has 2 rings (SSSR count). The molecule has 1 N–H and O–H groups in total. The van der Waals surface area contributed by atoms with Gasteiger partial charge < -0.3 is 5.32 Å². The topological polar surface area (TPSA) is 12.0 Å². The third-order valence-corrected chi connectivity index (χ3v) is 5.76. The van der Waals surface area contributed by atoms with Crippen molar-refractivity contribution < 1.29 is 0 Å². The molecule has 0 radical (unpaired) electrons. The SMILES string of the molecule is CCNC(C1CCCCCC1)C1CCCC(CC)C1. The maximum atomic E-state index is 3.89. The van der Waals surface area contributed by atoms with Gasteiger partial charge in [-0.1, -0.05) is 58.8 Å². The van der Waals surface area contributed by atoms with Crippen molar-refractivity contribution in [1.82, 2.24) is 5.32 Å².